The molecule has 0 rings (SSSR count). The average Bonchev–Trinajstić information content (AvgIpc) is 1.98. The molecule has 0 aliphatic carbocycles. The second-order valence-electron chi connectivity index (χ2n) is 3.24. The summed E-state index contributed by atoms with van der Waals surface area (Å²) in [5.41, 5.74) is 5.88. The summed E-state index contributed by atoms with van der Waals surface area (Å²) < 4.78 is 5.53. The standard InChI is InChI=1S/C9H21NO/c1-5-8(10)9(7(3)4)11-6-2/h7-9H,5-6,10H2,1-4H3. The van der Waals surface area contributed by atoms with Gasteiger partial charge in [0.25, 0.3) is 0 Å². The molecule has 0 aromatic carbocycles. The van der Waals surface area contributed by atoms with Crippen LogP contribution in [0.5, 0.6) is 0 Å². The van der Waals surface area contributed by atoms with Crippen molar-refractivity contribution in [2.24, 2.45) is 11.7 Å². The molecule has 0 saturated carbocycles. The number of hydrogen-bond donors (Lipinski definition) is 1. The van der Waals surface area contributed by atoms with Gasteiger partial charge >= 0.3 is 0 Å². The molecule has 2 nitrogen and oxygen atoms in total. The van der Waals surface area contributed by atoms with E-state index in [-0.39, 0.29) is 12.1 Å². The zero-order chi connectivity index (χ0) is 8.85. The second-order valence-corrected chi connectivity index (χ2v) is 3.24. The Morgan fingerprint density at radius 2 is 1.82 bits per heavy atom. The van der Waals surface area contributed by atoms with E-state index in [0.717, 1.165) is 13.0 Å². The van der Waals surface area contributed by atoms with E-state index in [1.54, 1.807) is 0 Å². The minimum Gasteiger partial charge on any atom is -0.377 e. The summed E-state index contributed by atoms with van der Waals surface area (Å²) in [6.07, 6.45) is 1.22. The predicted molar refractivity (Wildman–Crippen MR) is 48.5 cm³/mol. The van der Waals surface area contributed by atoms with Gasteiger partial charge in [0.2, 0.25) is 0 Å². The zero-order valence-electron chi connectivity index (χ0n) is 8.13. The Morgan fingerprint density at radius 3 is 2.09 bits per heavy atom. The molecule has 0 saturated heterocycles. The molecule has 2 atom stereocenters. The molecule has 0 aromatic heterocycles. The topological polar surface area (TPSA) is 35.2 Å². The number of nitrogens with two attached hydrogens (primary N) is 1. The molecule has 0 fully saturated rings. The van der Waals surface area contributed by atoms with Crippen LogP contribution in [0.4, 0.5) is 0 Å². The Hall–Kier alpha value is -0.0800. The SMILES string of the molecule is CCOC(C(C)C)C(N)CC. The Balaban J connectivity index is 3.87. The van der Waals surface area contributed by atoms with Crippen LogP contribution in [0.15, 0.2) is 0 Å². The van der Waals surface area contributed by atoms with Crippen LogP contribution in [0.1, 0.15) is 34.1 Å². The first-order valence-electron chi connectivity index (χ1n) is 4.50. The summed E-state index contributed by atoms with van der Waals surface area (Å²) >= 11 is 0. The monoisotopic (exact) mass is 159 g/mol. The second kappa shape index (κ2) is 5.56. The lowest BCUT2D eigenvalue weighted by atomic mass is 9.98. The van der Waals surface area contributed by atoms with Gasteiger partial charge in [-0.25, -0.2) is 0 Å². The number of hydrogen-bond acceptors (Lipinski definition) is 2. The maximum Gasteiger partial charge on any atom is 0.0748 e. The van der Waals surface area contributed by atoms with Crippen molar-refractivity contribution in [2.75, 3.05) is 6.61 Å². The molecule has 2 heteroatoms. The van der Waals surface area contributed by atoms with Crippen molar-refractivity contribution in [3.63, 3.8) is 0 Å². The van der Waals surface area contributed by atoms with Gasteiger partial charge in [0.1, 0.15) is 0 Å². The maximum absolute atomic E-state index is 5.88. The van der Waals surface area contributed by atoms with E-state index >= 15 is 0 Å². The van der Waals surface area contributed by atoms with Gasteiger partial charge in [0.15, 0.2) is 0 Å². The molecule has 0 heterocycles. The first kappa shape index (κ1) is 10.9. The third-order valence-electron chi connectivity index (χ3n) is 1.91. The quantitative estimate of drug-likeness (QED) is 0.663. The van der Waals surface area contributed by atoms with Crippen molar-refractivity contribution in [2.45, 2.75) is 46.3 Å². The highest BCUT2D eigenvalue weighted by molar-refractivity contribution is 4.74. The minimum absolute atomic E-state index is 0.190. The smallest absolute Gasteiger partial charge is 0.0748 e. The summed E-state index contributed by atoms with van der Waals surface area (Å²) in [5.74, 6) is 0.518. The third-order valence-corrected chi connectivity index (χ3v) is 1.91. The van der Waals surface area contributed by atoms with Crippen LogP contribution >= 0.6 is 0 Å². The van der Waals surface area contributed by atoms with Gasteiger partial charge in [-0.15, -0.1) is 0 Å². The fourth-order valence-electron chi connectivity index (χ4n) is 1.24. The van der Waals surface area contributed by atoms with Crippen molar-refractivity contribution in [3.05, 3.63) is 0 Å². The van der Waals surface area contributed by atoms with Crippen molar-refractivity contribution < 1.29 is 4.74 Å². The maximum atomic E-state index is 5.88. The van der Waals surface area contributed by atoms with Crippen molar-refractivity contribution in [1.29, 1.82) is 0 Å². The lowest BCUT2D eigenvalue weighted by Crippen LogP contribution is -2.39. The molecule has 0 aliphatic heterocycles. The van der Waals surface area contributed by atoms with Gasteiger partial charge in [-0.1, -0.05) is 20.8 Å². The van der Waals surface area contributed by atoms with Crippen LogP contribution in [0.3, 0.4) is 0 Å². The third kappa shape index (κ3) is 3.73. The molecule has 68 valence electrons. The summed E-state index contributed by atoms with van der Waals surface area (Å²) in [4.78, 5) is 0. The Bertz CT molecular complexity index is 93.6. The molecule has 2 N–H and O–H groups in total. The van der Waals surface area contributed by atoms with E-state index in [9.17, 15) is 0 Å². The van der Waals surface area contributed by atoms with Crippen LogP contribution in [0, 0.1) is 5.92 Å². The van der Waals surface area contributed by atoms with E-state index < -0.39 is 0 Å². The summed E-state index contributed by atoms with van der Waals surface area (Å²) in [5, 5.41) is 0. The fourth-order valence-corrected chi connectivity index (χ4v) is 1.24. The van der Waals surface area contributed by atoms with Gasteiger partial charge in [-0.05, 0) is 19.3 Å². The van der Waals surface area contributed by atoms with Gasteiger partial charge in [0, 0.05) is 12.6 Å². The molecule has 0 radical (unpaired) electrons. The van der Waals surface area contributed by atoms with E-state index in [4.69, 9.17) is 10.5 Å². The van der Waals surface area contributed by atoms with Crippen molar-refractivity contribution in [3.8, 4) is 0 Å². The minimum atomic E-state index is 0.190. The molecule has 0 bridgehead atoms. The van der Waals surface area contributed by atoms with Crippen LogP contribution in [-0.2, 0) is 4.74 Å². The van der Waals surface area contributed by atoms with Crippen LogP contribution in [0.2, 0.25) is 0 Å². The van der Waals surface area contributed by atoms with Crippen molar-refractivity contribution >= 4 is 0 Å². The predicted octanol–water partition coefficient (Wildman–Crippen LogP) is 1.78. The average molecular weight is 159 g/mol. The van der Waals surface area contributed by atoms with Gasteiger partial charge < -0.3 is 10.5 Å². The van der Waals surface area contributed by atoms with Crippen LogP contribution in [0.25, 0.3) is 0 Å². The molecular weight excluding hydrogens is 138 g/mol. The highest BCUT2D eigenvalue weighted by Gasteiger charge is 2.19. The molecule has 2 unspecified atom stereocenters. The Morgan fingerprint density at radius 1 is 1.27 bits per heavy atom. The van der Waals surface area contributed by atoms with E-state index in [0.29, 0.717) is 5.92 Å². The Kier molecular flexibility index (Phi) is 5.51. The molecule has 0 aliphatic rings. The normalized spacial score (nSPS) is 16.9. The molecule has 0 aromatic rings. The summed E-state index contributed by atoms with van der Waals surface area (Å²) in [6, 6.07) is 0.190. The number of ether oxygens (including phenoxy) is 1. The zero-order valence-corrected chi connectivity index (χ0v) is 8.13. The lowest BCUT2D eigenvalue weighted by Gasteiger charge is -2.26. The first-order valence-corrected chi connectivity index (χ1v) is 4.50. The van der Waals surface area contributed by atoms with E-state index in [1.807, 2.05) is 6.92 Å². The molecule has 0 spiro atoms. The molecule has 11 heavy (non-hydrogen) atoms. The highest BCUT2D eigenvalue weighted by atomic mass is 16.5. The summed E-state index contributed by atoms with van der Waals surface area (Å²) in [6.45, 7) is 9.17. The van der Waals surface area contributed by atoms with Crippen molar-refractivity contribution in [1.82, 2.24) is 0 Å². The van der Waals surface area contributed by atoms with E-state index in [2.05, 4.69) is 20.8 Å². The van der Waals surface area contributed by atoms with E-state index in [1.165, 1.54) is 0 Å². The van der Waals surface area contributed by atoms with Gasteiger partial charge in [-0.2, -0.15) is 0 Å². The lowest BCUT2D eigenvalue weighted by molar-refractivity contribution is 0.0119. The first-order chi connectivity index (χ1) is 5.13. The largest absolute Gasteiger partial charge is 0.377 e. The van der Waals surface area contributed by atoms with Gasteiger partial charge in [0.05, 0.1) is 6.10 Å². The fraction of sp³-hybridized carbons (Fsp3) is 1.00. The van der Waals surface area contributed by atoms with Gasteiger partial charge in [-0.3, -0.25) is 0 Å². The summed E-state index contributed by atoms with van der Waals surface area (Å²) in [7, 11) is 0. The Labute approximate surface area is 70.1 Å². The molecule has 0 amide bonds. The number of rotatable bonds is 5. The highest BCUT2D eigenvalue weighted by Crippen LogP contribution is 2.11. The molecular formula is C9H21NO. The van der Waals surface area contributed by atoms with Crippen LogP contribution in [-0.4, -0.2) is 18.8 Å². The van der Waals surface area contributed by atoms with Crippen LogP contribution < -0.4 is 5.73 Å².